The predicted molar refractivity (Wildman–Crippen MR) is 88.5 cm³/mol. The molecule has 0 aromatic rings. The van der Waals surface area contributed by atoms with Gasteiger partial charge in [-0.15, -0.1) is 0 Å². The number of carbonyl (C=O) groups excluding carboxylic acids is 2. The highest BCUT2D eigenvalue weighted by atomic mass is 16.5. The monoisotopic (exact) mass is 310 g/mol. The van der Waals surface area contributed by atoms with Crippen molar-refractivity contribution in [2.75, 3.05) is 6.61 Å². The van der Waals surface area contributed by atoms with Crippen LogP contribution in [-0.2, 0) is 19.1 Å². The average molecular weight is 310 g/mol. The van der Waals surface area contributed by atoms with Crippen molar-refractivity contribution in [2.24, 2.45) is 0 Å². The molecule has 4 nitrogen and oxygen atoms in total. The quantitative estimate of drug-likeness (QED) is 0.272. The first-order valence-corrected chi connectivity index (χ1v) is 8.26. The minimum Gasteiger partial charge on any atom is -0.463 e. The van der Waals surface area contributed by atoms with Gasteiger partial charge >= 0.3 is 11.9 Å². The first kappa shape index (κ1) is 20.4. The molecule has 0 spiro atoms. The molecule has 0 radical (unpaired) electrons. The molecule has 0 fully saturated rings. The second-order valence-electron chi connectivity index (χ2n) is 5.31. The van der Waals surface area contributed by atoms with E-state index in [9.17, 15) is 9.59 Å². The third-order valence-electron chi connectivity index (χ3n) is 3.49. The molecule has 1 unspecified atom stereocenters. The number of unbranched alkanes of at least 4 members (excludes halogenated alkanes) is 6. The van der Waals surface area contributed by atoms with Crippen LogP contribution in [-0.4, -0.2) is 24.6 Å². The molecule has 0 heterocycles. The summed E-state index contributed by atoms with van der Waals surface area (Å²) in [5.74, 6) is -0.674. The van der Waals surface area contributed by atoms with Crippen LogP contribution >= 0.6 is 0 Å². The van der Waals surface area contributed by atoms with E-state index >= 15 is 0 Å². The smallest absolute Gasteiger partial charge is 0.330 e. The molecule has 22 heavy (non-hydrogen) atoms. The molecule has 0 saturated carbocycles. The fourth-order valence-corrected chi connectivity index (χ4v) is 2.15. The number of rotatable bonds is 14. The van der Waals surface area contributed by atoms with E-state index in [-0.39, 0.29) is 18.0 Å². The highest BCUT2D eigenvalue weighted by Gasteiger charge is 2.09. The lowest BCUT2D eigenvalue weighted by Crippen LogP contribution is -2.15. The molecule has 0 amide bonds. The summed E-state index contributed by atoms with van der Waals surface area (Å²) in [7, 11) is 0. The molecule has 0 saturated heterocycles. The van der Waals surface area contributed by atoms with E-state index in [0.29, 0.717) is 6.61 Å². The highest BCUT2D eigenvalue weighted by Crippen LogP contribution is 2.13. The SMILES string of the molecule is C=CC(=O)OCCCCCCCCCC(CC)OC(=O)C=C. The largest absolute Gasteiger partial charge is 0.463 e. The third kappa shape index (κ3) is 12.2. The molecule has 0 aliphatic heterocycles. The molecule has 0 rings (SSSR count). The van der Waals surface area contributed by atoms with Crippen LogP contribution in [0.5, 0.6) is 0 Å². The molecule has 1 atom stereocenters. The second kappa shape index (κ2) is 14.4. The normalized spacial score (nSPS) is 11.5. The van der Waals surface area contributed by atoms with Crippen LogP contribution in [0.15, 0.2) is 25.3 Å². The molecule has 0 aliphatic rings. The summed E-state index contributed by atoms with van der Waals surface area (Å²) < 4.78 is 10.2. The van der Waals surface area contributed by atoms with E-state index in [4.69, 9.17) is 9.47 Å². The number of esters is 2. The fourth-order valence-electron chi connectivity index (χ4n) is 2.15. The summed E-state index contributed by atoms with van der Waals surface area (Å²) in [4.78, 5) is 21.9. The Kier molecular flexibility index (Phi) is 13.3. The van der Waals surface area contributed by atoms with Crippen molar-refractivity contribution in [3.05, 3.63) is 25.3 Å². The van der Waals surface area contributed by atoms with E-state index < -0.39 is 0 Å². The van der Waals surface area contributed by atoms with E-state index in [2.05, 4.69) is 13.2 Å². The van der Waals surface area contributed by atoms with Crippen molar-refractivity contribution >= 4 is 11.9 Å². The summed E-state index contributed by atoms with van der Waals surface area (Å²) >= 11 is 0. The van der Waals surface area contributed by atoms with Crippen LogP contribution in [0.25, 0.3) is 0 Å². The molecular weight excluding hydrogens is 280 g/mol. The maximum absolute atomic E-state index is 11.1. The van der Waals surface area contributed by atoms with E-state index in [0.717, 1.165) is 44.9 Å². The summed E-state index contributed by atoms with van der Waals surface area (Å²) in [5, 5.41) is 0. The van der Waals surface area contributed by atoms with Gasteiger partial charge in [0.1, 0.15) is 6.10 Å². The van der Waals surface area contributed by atoms with Gasteiger partial charge in [0.2, 0.25) is 0 Å². The topological polar surface area (TPSA) is 52.6 Å². The van der Waals surface area contributed by atoms with Crippen LogP contribution in [0.2, 0.25) is 0 Å². The zero-order valence-electron chi connectivity index (χ0n) is 13.9. The van der Waals surface area contributed by atoms with Gasteiger partial charge in [0.15, 0.2) is 0 Å². The minimum absolute atomic E-state index is 0.0186. The Bertz CT molecular complexity index is 336. The summed E-state index contributed by atoms with van der Waals surface area (Å²) in [6.07, 6.45) is 12.0. The van der Waals surface area contributed by atoms with E-state index in [1.807, 2.05) is 6.92 Å². The lowest BCUT2D eigenvalue weighted by atomic mass is 10.1. The first-order chi connectivity index (χ1) is 10.6. The van der Waals surface area contributed by atoms with Crippen molar-refractivity contribution in [2.45, 2.75) is 70.8 Å². The molecule has 0 aromatic carbocycles. The van der Waals surface area contributed by atoms with Crippen molar-refractivity contribution in [3.63, 3.8) is 0 Å². The zero-order valence-corrected chi connectivity index (χ0v) is 13.9. The molecule has 4 heteroatoms. The maximum Gasteiger partial charge on any atom is 0.330 e. The molecule has 0 N–H and O–H groups in total. The third-order valence-corrected chi connectivity index (χ3v) is 3.49. The van der Waals surface area contributed by atoms with Crippen LogP contribution < -0.4 is 0 Å². The van der Waals surface area contributed by atoms with Crippen LogP contribution in [0.3, 0.4) is 0 Å². The highest BCUT2D eigenvalue weighted by molar-refractivity contribution is 5.81. The van der Waals surface area contributed by atoms with Crippen LogP contribution in [0.1, 0.15) is 64.7 Å². The van der Waals surface area contributed by atoms with Gasteiger partial charge in [0, 0.05) is 12.2 Å². The number of hydrogen-bond donors (Lipinski definition) is 0. The number of hydrogen-bond acceptors (Lipinski definition) is 4. The van der Waals surface area contributed by atoms with Crippen LogP contribution in [0, 0.1) is 0 Å². The summed E-state index contributed by atoms with van der Waals surface area (Å²) in [5.41, 5.74) is 0. The Balaban J connectivity index is 3.38. The number of ether oxygens (including phenoxy) is 2. The predicted octanol–water partition coefficient (Wildman–Crippen LogP) is 4.34. The van der Waals surface area contributed by atoms with Gasteiger partial charge in [0.25, 0.3) is 0 Å². The molecule has 0 aromatic heterocycles. The molecule has 0 aliphatic carbocycles. The second-order valence-corrected chi connectivity index (χ2v) is 5.31. The van der Waals surface area contributed by atoms with Crippen molar-refractivity contribution < 1.29 is 19.1 Å². The molecule has 126 valence electrons. The summed E-state index contributed by atoms with van der Waals surface area (Å²) in [6, 6.07) is 0. The van der Waals surface area contributed by atoms with Gasteiger partial charge in [-0.2, -0.15) is 0 Å². The van der Waals surface area contributed by atoms with Gasteiger partial charge in [0.05, 0.1) is 6.61 Å². The van der Waals surface area contributed by atoms with E-state index in [1.165, 1.54) is 25.0 Å². The molecular formula is C18H30O4. The summed E-state index contributed by atoms with van der Waals surface area (Å²) in [6.45, 7) is 9.27. The van der Waals surface area contributed by atoms with Crippen molar-refractivity contribution in [1.29, 1.82) is 0 Å². The molecule has 0 bridgehead atoms. The van der Waals surface area contributed by atoms with Gasteiger partial charge < -0.3 is 9.47 Å². The Hall–Kier alpha value is -1.58. The van der Waals surface area contributed by atoms with E-state index in [1.54, 1.807) is 0 Å². The Morgan fingerprint density at radius 2 is 1.45 bits per heavy atom. The Labute approximate surface area is 134 Å². The van der Waals surface area contributed by atoms with Crippen LogP contribution in [0.4, 0.5) is 0 Å². The zero-order chi connectivity index (χ0) is 16.6. The fraction of sp³-hybridized carbons (Fsp3) is 0.667. The lowest BCUT2D eigenvalue weighted by molar-refractivity contribution is -0.143. The Morgan fingerprint density at radius 1 is 0.909 bits per heavy atom. The van der Waals surface area contributed by atoms with Crippen molar-refractivity contribution in [1.82, 2.24) is 0 Å². The van der Waals surface area contributed by atoms with Gasteiger partial charge in [-0.3, -0.25) is 0 Å². The van der Waals surface area contributed by atoms with Gasteiger partial charge in [-0.05, 0) is 25.7 Å². The minimum atomic E-state index is -0.345. The standard InChI is InChI=1S/C18H30O4/c1-4-16(22-18(20)6-3)14-12-10-8-7-9-11-13-15-21-17(19)5-2/h5-6,16H,2-4,7-15H2,1H3. The Morgan fingerprint density at radius 3 is 2.00 bits per heavy atom. The number of carbonyl (C=O) groups is 2. The lowest BCUT2D eigenvalue weighted by Gasteiger charge is -2.14. The van der Waals surface area contributed by atoms with Gasteiger partial charge in [-0.1, -0.05) is 52.2 Å². The first-order valence-electron chi connectivity index (χ1n) is 8.26. The van der Waals surface area contributed by atoms with Gasteiger partial charge in [-0.25, -0.2) is 9.59 Å². The maximum atomic E-state index is 11.1. The average Bonchev–Trinajstić information content (AvgIpc) is 2.54. The van der Waals surface area contributed by atoms with Crippen molar-refractivity contribution in [3.8, 4) is 0 Å².